The highest BCUT2D eigenvalue weighted by molar-refractivity contribution is 6.24. The van der Waals surface area contributed by atoms with Crippen molar-refractivity contribution in [1.29, 1.82) is 0 Å². The molecular weight excluding hydrogens is 374 g/mol. The van der Waals surface area contributed by atoms with Crippen LogP contribution in [0.25, 0.3) is 0 Å². The van der Waals surface area contributed by atoms with Gasteiger partial charge >= 0.3 is 5.97 Å². The molecule has 2 aromatic carbocycles. The Morgan fingerprint density at radius 1 is 1.04 bits per heavy atom. The molecule has 0 heterocycles. The van der Waals surface area contributed by atoms with Crippen molar-refractivity contribution in [3.8, 4) is 0 Å². The Morgan fingerprint density at radius 3 is 2.21 bits per heavy atom. The second-order valence-electron chi connectivity index (χ2n) is 5.43. The second kappa shape index (κ2) is 8.03. The van der Waals surface area contributed by atoms with E-state index in [0.717, 1.165) is 30.3 Å². The summed E-state index contributed by atoms with van der Waals surface area (Å²) in [7, 11) is 0. The van der Waals surface area contributed by atoms with Crippen molar-refractivity contribution in [3.63, 3.8) is 0 Å². The van der Waals surface area contributed by atoms with E-state index in [1.165, 1.54) is 19.1 Å². The molecule has 0 aliphatic rings. The van der Waals surface area contributed by atoms with E-state index >= 15 is 0 Å². The lowest BCUT2D eigenvalue weighted by molar-refractivity contribution is -0.385. The highest BCUT2D eigenvalue weighted by Gasteiger charge is 2.34. The molecule has 0 spiro atoms. The molecule has 144 valence electrons. The van der Waals surface area contributed by atoms with Crippen molar-refractivity contribution in [3.05, 3.63) is 73.8 Å². The fourth-order valence-corrected chi connectivity index (χ4v) is 2.49. The first-order chi connectivity index (χ1) is 13.2. The first-order valence-electron chi connectivity index (χ1n) is 7.81. The zero-order chi connectivity index (χ0) is 21.0. The minimum absolute atomic E-state index is 0.208. The molecule has 0 aliphatic heterocycles. The normalized spacial score (nSPS) is 10.2. The Bertz CT molecular complexity index is 969. The summed E-state index contributed by atoms with van der Waals surface area (Å²) < 4.78 is 0. The van der Waals surface area contributed by atoms with E-state index in [0.29, 0.717) is 4.90 Å². The third-order valence-corrected chi connectivity index (χ3v) is 3.74. The van der Waals surface area contributed by atoms with Crippen molar-refractivity contribution >= 4 is 34.8 Å². The van der Waals surface area contributed by atoms with E-state index in [1.54, 1.807) is 0 Å². The Hall–Kier alpha value is -4.15. The number of nitro benzene ring substituents is 2. The maximum absolute atomic E-state index is 13.0. The van der Waals surface area contributed by atoms with Gasteiger partial charge in [0.05, 0.1) is 21.1 Å². The molecule has 0 radical (unpaired) electrons. The van der Waals surface area contributed by atoms with Crippen molar-refractivity contribution < 1.29 is 29.3 Å². The maximum Gasteiger partial charge on any atom is 0.336 e. The third kappa shape index (κ3) is 3.82. The Morgan fingerprint density at radius 2 is 1.68 bits per heavy atom. The van der Waals surface area contributed by atoms with Gasteiger partial charge in [0.15, 0.2) is 0 Å². The van der Waals surface area contributed by atoms with Crippen molar-refractivity contribution in [2.45, 2.75) is 13.3 Å². The summed E-state index contributed by atoms with van der Waals surface area (Å²) in [6.45, 7) is 1.41. The van der Waals surface area contributed by atoms with Gasteiger partial charge in [-0.3, -0.25) is 29.8 Å². The van der Waals surface area contributed by atoms with Gasteiger partial charge in [0.1, 0.15) is 5.56 Å². The molecule has 11 nitrogen and oxygen atoms in total. The van der Waals surface area contributed by atoms with Crippen LogP contribution in [0.1, 0.15) is 34.1 Å². The standard InChI is InChI=1S/C17H13N3O8/c1-2-14(21)18(10-5-3-6-11(9-10)19(25)26)16(22)15-12(17(23)24)7-4-8-13(15)20(27)28/h3-9H,2H2,1H3,(H,23,24). The highest BCUT2D eigenvalue weighted by atomic mass is 16.6. The summed E-state index contributed by atoms with van der Waals surface area (Å²) in [5.41, 5.74) is -2.89. The van der Waals surface area contributed by atoms with Crippen molar-refractivity contribution in [1.82, 2.24) is 0 Å². The number of hydrogen-bond acceptors (Lipinski definition) is 7. The number of non-ortho nitro benzene ring substituents is 1. The van der Waals surface area contributed by atoms with E-state index in [9.17, 15) is 39.7 Å². The predicted octanol–water partition coefficient (Wildman–Crippen LogP) is 2.78. The molecular formula is C17H13N3O8. The molecule has 1 N–H and O–H groups in total. The van der Waals surface area contributed by atoms with Crippen LogP contribution in [-0.4, -0.2) is 32.7 Å². The SMILES string of the molecule is CCC(=O)N(C(=O)c1c(C(=O)O)cccc1[N+](=O)[O-])c1cccc([N+](=O)[O-])c1. The van der Waals surface area contributed by atoms with Crippen molar-refractivity contribution in [2.75, 3.05) is 4.90 Å². The van der Waals surface area contributed by atoms with Gasteiger partial charge in [0.25, 0.3) is 17.3 Å². The predicted molar refractivity (Wildman–Crippen MR) is 95.3 cm³/mol. The number of hydrogen-bond donors (Lipinski definition) is 1. The molecule has 0 saturated carbocycles. The Kier molecular flexibility index (Phi) is 5.79. The summed E-state index contributed by atoms with van der Waals surface area (Å²) in [4.78, 5) is 58.0. The number of nitro groups is 2. The second-order valence-corrected chi connectivity index (χ2v) is 5.43. The molecule has 11 heteroatoms. The molecule has 0 aliphatic carbocycles. The van der Waals surface area contributed by atoms with Crippen LogP contribution >= 0.6 is 0 Å². The van der Waals surface area contributed by atoms with Crippen LogP contribution in [0.4, 0.5) is 17.1 Å². The number of rotatable bonds is 6. The van der Waals surface area contributed by atoms with Gasteiger partial charge < -0.3 is 5.11 Å². The number of anilines is 1. The molecule has 2 aromatic rings. The largest absolute Gasteiger partial charge is 0.478 e. The van der Waals surface area contributed by atoms with Crippen LogP contribution in [0.15, 0.2) is 42.5 Å². The smallest absolute Gasteiger partial charge is 0.336 e. The summed E-state index contributed by atoms with van der Waals surface area (Å²) in [6.07, 6.45) is -0.211. The molecule has 0 fully saturated rings. The van der Waals surface area contributed by atoms with Gasteiger partial charge in [0, 0.05) is 24.6 Å². The number of nitrogens with zero attached hydrogens (tertiary/aromatic N) is 3. The summed E-state index contributed by atoms with van der Waals surface area (Å²) in [6, 6.07) is 7.56. The molecule has 0 atom stereocenters. The Labute approximate surface area is 157 Å². The number of amides is 2. The van der Waals surface area contributed by atoms with E-state index in [4.69, 9.17) is 0 Å². The lowest BCUT2D eigenvalue weighted by Crippen LogP contribution is -2.37. The van der Waals surface area contributed by atoms with Gasteiger partial charge in [-0.15, -0.1) is 0 Å². The minimum atomic E-state index is -1.60. The first-order valence-corrected chi connectivity index (χ1v) is 7.81. The summed E-state index contributed by atoms with van der Waals surface area (Å²) in [5.74, 6) is -3.69. The van der Waals surface area contributed by atoms with Gasteiger partial charge in [-0.05, 0) is 12.1 Å². The third-order valence-electron chi connectivity index (χ3n) is 3.74. The zero-order valence-corrected chi connectivity index (χ0v) is 14.4. The maximum atomic E-state index is 13.0. The highest BCUT2D eigenvalue weighted by Crippen LogP contribution is 2.29. The monoisotopic (exact) mass is 387 g/mol. The number of carbonyl (C=O) groups excluding carboxylic acids is 2. The van der Waals surface area contributed by atoms with Gasteiger partial charge in [-0.25, -0.2) is 9.69 Å². The van der Waals surface area contributed by atoms with Crippen LogP contribution in [-0.2, 0) is 4.79 Å². The number of carboxylic acids is 1. The summed E-state index contributed by atoms with van der Waals surface area (Å²) >= 11 is 0. The summed E-state index contributed by atoms with van der Waals surface area (Å²) in [5, 5.41) is 31.6. The van der Waals surface area contributed by atoms with Crippen LogP contribution in [0.3, 0.4) is 0 Å². The molecule has 2 amide bonds. The van der Waals surface area contributed by atoms with Gasteiger partial charge in [0.2, 0.25) is 5.91 Å². The molecule has 28 heavy (non-hydrogen) atoms. The number of imide groups is 1. The van der Waals surface area contributed by atoms with E-state index in [-0.39, 0.29) is 12.1 Å². The fourth-order valence-electron chi connectivity index (χ4n) is 2.49. The lowest BCUT2D eigenvalue weighted by atomic mass is 10.0. The molecule has 0 unspecified atom stereocenters. The number of carbonyl (C=O) groups is 3. The average Bonchev–Trinajstić information content (AvgIpc) is 2.67. The average molecular weight is 387 g/mol. The van der Waals surface area contributed by atoms with Crippen LogP contribution in [0.2, 0.25) is 0 Å². The minimum Gasteiger partial charge on any atom is -0.478 e. The van der Waals surface area contributed by atoms with Crippen LogP contribution < -0.4 is 4.90 Å². The van der Waals surface area contributed by atoms with Gasteiger partial charge in [-0.1, -0.05) is 19.1 Å². The van der Waals surface area contributed by atoms with E-state index in [2.05, 4.69) is 0 Å². The van der Waals surface area contributed by atoms with E-state index in [1.807, 2.05) is 0 Å². The topological polar surface area (TPSA) is 161 Å². The fraction of sp³-hybridized carbons (Fsp3) is 0.118. The number of benzene rings is 2. The Balaban J connectivity index is 2.74. The number of carboxylic acid groups (broad SMARTS) is 1. The lowest BCUT2D eigenvalue weighted by Gasteiger charge is -2.21. The molecule has 2 rings (SSSR count). The quantitative estimate of drug-likeness (QED) is 0.584. The van der Waals surface area contributed by atoms with Crippen LogP contribution in [0.5, 0.6) is 0 Å². The number of aromatic carboxylic acids is 1. The molecule has 0 bridgehead atoms. The molecule has 0 aromatic heterocycles. The van der Waals surface area contributed by atoms with Crippen molar-refractivity contribution in [2.24, 2.45) is 0 Å². The van der Waals surface area contributed by atoms with Gasteiger partial charge in [-0.2, -0.15) is 0 Å². The molecule has 0 saturated heterocycles. The first kappa shape index (κ1) is 20.2. The van der Waals surface area contributed by atoms with E-state index < -0.39 is 50.1 Å². The zero-order valence-electron chi connectivity index (χ0n) is 14.4. The van der Waals surface area contributed by atoms with Crippen LogP contribution in [0, 0.1) is 20.2 Å².